The molecule has 2 aliphatic heterocycles. The van der Waals surface area contributed by atoms with Crippen molar-refractivity contribution in [1.29, 1.82) is 0 Å². The number of nitrogens with zero attached hydrogens (tertiary/aromatic N) is 2. The number of methoxy groups -OCH3 is 1. The van der Waals surface area contributed by atoms with Crippen LogP contribution >= 0.6 is 0 Å². The Morgan fingerprint density at radius 2 is 1.86 bits per heavy atom. The molecule has 0 spiro atoms. The minimum absolute atomic E-state index is 0.0209. The zero-order valence-electron chi connectivity index (χ0n) is 25.7. The molecule has 3 aromatic carbocycles. The smallest absolute Gasteiger partial charge is 0.497 e. The van der Waals surface area contributed by atoms with E-state index in [2.05, 4.69) is 42.2 Å². The Hall–Kier alpha value is -4.24. The van der Waals surface area contributed by atoms with Crippen LogP contribution < -0.4 is 25.8 Å². The molecule has 3 heterocycles. The summed E-state index contributed by atoms with van der Waals surface area (Å²) in [6.07, 6.45) is 3.68. The number of para-hydroxylation sites is 1. The van der Waals surface area contributed by atoms with Crippen molar-refractivity contribution in [2.45, 2.75) is 53.5 Å². The Labute approximate surface area is 252 Å². The summed E-state index contributed by atoms with van der Waals surface area (Å²) < 4.78 is 17.3. The summed E-state index contributed by atoms with van der Waals surface area (Å²) in [6, 6.07) is 15.8. The third kappa shape index (κ3) is 5.38. The molecule has 0 aliphatic carbocycles. The maximum atomic E-state index is 13.7. The normalized spacial score (nSPS) is 16.5. The molecule has 1 fully saturated rings. The van der Waals surface area contributed by atoms with Crippen molar-refractivity contribution in [2.75, 3.05) is 30.4 Å². The fourth-order valence-corrected chi connectivity index (χ4v) is 6.21. The van der Waals surface area contributed by atoms with Crippen molar-refractivity contribution in [3.8, 4) is 16.9 Å². The molecule has 43 heavy (non-hydrogen) atoms. The number of piperidine rings is 1. The first kappa shape index (κ1) is 28.9. The molecule has 6 rings (SSSR count). The maximum Gasteiger partial charge on any atom is 0.587 e. The molecule has 1 aromatic heterocycles. The lowest BCUT2D eigenvalue weighted by Crippen LogP contribution is -2.38. The molecule has 4 aromatic rings. The Morgan fingerprint density at radius 1 is 1.12 bits per heavy atom. The number of rotatable bonds is 6. The van der Waals surface area contributed by atoms with Gasteiger partial charge in [0.1, 0.15) is 11.3 Å². The minimum atomic E-state index is -1.19. The highest BCUT2D eigenvalue weighted by atomic mass is 16.6. The van der Waals surface area contributed by atoms with E-state index in [1.807, 2.05) is 56.3 Å². The number of ether oxygens (including phenoxy) is 1. The lowest BCUT2D eigenvalue weighted by molar-refractivity contribution is 0.274. The molecule has 2 aliphatic rings. The Bertz CT molecular complexity index is 1790. The van der Waals surface area contributed by atoms with Gasteiger partial charge in [-0.25, -0.2) is 0 Å². The van der Waals surface area contributed by atoms with Gasteiger partial charge in [-0.3, -0.25) is 4.79 Å². The van der Waals surface area contributed by atoms with E-state index in [9.17, 15) is 9.82 Å². The van der Waals surface area contributed by atoms with Crippen LogP contribution in [0.25, 0.3) is 22.1 Å². The highest BCUT2D eigenvalue weighted by Crippen LogP contribution is 2.37. The van der Waals surface area contributed by atoms with Crippen molar-refractivity contribution >= 4 is 41.3 Å². The number of benzene rings is 3. The molecule has 2 N–H and O–H groups in total. The monoisotopic (exact) mass is 579 g/mol. The van der Waals surface area contributed by atoms with E-state index in [-0.39, 0.29) is 16.9 Å². The van der Waals surface area contributed by atoms with Gasteiger partial charge in [0.05, 0.1) is 30.3 Å². The molecule has 0 saturated carbocycles. The summed E-state index contributed by atoms with van der Waals surface area (Å²) in [6.45, 7) is 12.3. The molecule has 0 unspecified atom stereocenters. The molecular weight excluding hydrogens is 541 g/mol. The van der Waals surface area contributed by atoms with Crippen molar-refractivity contribution in [3.63, 3.8) is 0 Å². The largest absolute Gasteiger partial charge is 0.587 e. The van der Waals surface area contributed by atoms with Gasteiger partial charge in [-0.2, -0.15) is 0 Å². The summed E-state index contributed by atoms with van der Waals surface area (Å²) >= 11 is 0. The van der Waals surface area contributed by atoms with E-state index < -0.39 is 7.12 Å². The fourth-order valence-electron chi connectivity index (χ4n) is 6.21. The third-order valence-electron chi connectivity index (χ3n) is 8.84. The van der Waals surface area contributed by atoms with Crippen LogP contribution in [0.4, 0.5) is 11.6 Å². The second-order valence-electron chi connectivity index (χ2n) is 12.5. The van der Waals surface area contributed by atoms with Gasteiger partial charge in [0, 0.05) is 40.9 Å². The Kier molecular flexibility index (Phi) is 7.46. The Balaban J connectivity index is 1.40. The highest BCUT2D eigenvalue weighted by Gasteiger charge is 2.31. The number of nitrogens with one attached hydrogen (secondary N) is 1. The van der Waals surface area contributed by atoms with Gasteiger partial charge in [0.15, 0.2) is 5.43 Å². The predicted molar refractivity (Wildman–Crippen MR) is 174 cm³/mol. The van der Waals surface area contributed by atoms with Crippen molar-refractivity contribution in [3.05, 3.63) is 81.0 Å². The third-order valence-corrected chi connectivity index (χ3v) is 8.84. The van der Waals surface area contributed by atoms with Crippen molar-refractivity contribution in [2.24, 2.45) is 10.6 Å². The van der Waals surface area contributed by atoms with Gasteiger partial charge in [-0.05, 0) is 74.4 Å². The molecular formula is C34H38BN3O5. The van der Waals surface area contributed by atoms with Crippen LogP contribution in [-0.2, 0) is 4.76 Å². The molecule has 8 nitrogen and oxygen atoms in total. The predicted octanol–water partition coefficient (Wildman–Crippen LogP) is 5.94. The van der Waals surface area contributed by atoms with E-state index in [4.69, 9.17) is 13.9 Å². The standard InChI is InChI=1S/C34H38BN3O5/c1-20-15-26(32-27(16-20)31(39)21(2)33(42-32)38-13-11-34(4,5)12-14-38)22(3)37-28-10-8-7-9-25(28)23-17-24-19-36-43-35(40)30(24)29(18-23)41-6/h7-10,15-19,22,37,40H,11-14H2,1-6H3/t22-/m1/s1. The topological polar surface area (TPSA) is 96.5 Å². The number of aryl methyl sites for hydroxylation is 1. The second-order valence-corrected chi connectivity index (χ2v) is 12.5. The van der Waals surface area contributed by atoms with Crippen molar-refractivity contribution in [1.82, 2.24) is 0 Å². The summed E-state index contributed by atoms with van der Waals surface area (Å²) in [5, 5.41) is 18.5. The molecule has 1 atom stereocenters. The summed E-state index contributed by atoms with van der Waals surface area (Å²) in [7, 11) is 0.383. The lowest BCUT2D eigenvalue weighted by Gasteiger charge is -2.37. The van der Waals surface area contributed by atoms with E-state index in [1.54, 1.807) is 13.3 Å². The summed E-state index contributed by atoms with van der Waals surface area (Å²) in [5.74, 6) is 1.20. The van der Waals surface area contributed by atoms with Crippen LogP contribution in [0.15, 0.2) is 62.9 Å². The van der Waals surface area contributed by atoms with Crippen molar-refractivity contribution < 1.29 is 18.9 Å². The van der Waals surface area contributed by atoms with Crippen LogP contribution in [0.1, 0.15) is 61.9 Å². The summed E-state index contributed by atoms with van der Waals surface area (Å²) in [5.41, 5.74) is 7.56. The highest BCUT2D eigenvalue weighted by molar-refractivity contribution is 6.63. The molecule has 0 bridgehead atoms. The Morgan fingerprint density at radius 3 is 2.60 bits per heavy atom. The van der Waals surface area contributed by atoms with E-state index in [1.165, 1.54) is 0 Å². The van der Waals surface area contributed by atoms with E-state index >= 15 is 0 Å². The SMILES string of the molecule is COc1cc(-c2ccccc2N[C@H](C)c2cc(C)cc3c(=O)c(C)c(N4CCC(C)(C)CC4)oc23)cc2c1B(O)ON=C2. The second kappa shape index (κ2) is 11.1. The average Bonchev–Trinajstić information content (AvgIpc) is 2.99. The van der Waals surface area contributed by atoms with Gasteiger partial charge in [-0.15, -0.1) is 5.16 Å². The lowest BCUT2D eigenvalue weighted by atomic mass is 9.74. The average molecular weight is 580 g/mol. The maximum absolute atomic E-state index is 13.7. The van der Waals surface area contributed by atoms with Crippen LogP contribution in [0, 0.1) is 19.3 Å². The molecule has 1 saturated heterocycles. The summed E-state index contributed by atoms with van der Waals surface area (Å²) in [4.78, 5) is 15.9. The molecule has 0 radical (unpaired) electrons. The zero-order chi connectivity index (χ0) is 30.5. The first-order valence-corrected chi connectivity index (χ1v) is 14.8. The number of hydrogen-bond donors (Lipinski definition) is 2. The van der Waals surface area contributed by atoms with Gasteiger partial charge in [0.2, 0.25) is 5.88 Å². The first-order chi connectivity index (χ1) is 20.6. The number of oxime groups is 1. The van der Waals surface area contributed by atoms with Gasteiger partial charge >= 0.3 is 7.12 Å². The van der Waals surface area contributed by atoms with Gasteiger partial charge in [-0.1, -0.05) is 38.1 Å². The van der Waals surface area contributed by atoms with Crippen LogP contribution in [0.2, 0.25) is 0 Å². The zero-order valence-corrected chi connectivity index (χ0v) is 25.7. The number of anilines is 2. The number of hydrogen-bond acceptors (Lipinski definition) is 8. The van der Waals surface area contributed by atoms with Gasteiger partial charge < -0.3 is 29.1 Å². The molecule has 222 valence electrons. The van der Waals surface area contributed by atoms with E-state index in [0.717, 1.165) is 59.4 Å². The fraction of sp³-hybridized carbons (Fsp3) is 0.353. The van der Waals surface area contributed by atoms with Crippen LogP contribution in [0.5, 0.6) is 5.75 Å². The van der Waals surface area contributed by atoms with Crippen LogP contribution in [0.3, 0.4) is 0 Å². The minimum Gasteiger partial charge on any atom is -0.497 e. The first-order valence-electron chi connectivity index (χ1n) is 14.8. The van der Waals surface area contributed by atoms with Crippen LogP contribution in [-0.4, -0.2) is 38.6 Å². The molecule has 9 heteroatoms. The molecule has 0 amide bonds. The van der Waals surface area contributed by atoms with E-state index in [0.29, 0.717) is 33.6 Å². The van der Waals surface area contributed by atoms with Gasteiger partial charge in [0.25, 0.3) is 0 Å². The number of fused-ring (bicyclic) bond motifs is 2. The quantitative estimate of drug-likeness (QED) is 0.273.